The van der Waals surface area contributed by atoms with Gasteiger partial charge in [-0.25, -0.2) is 0 Å². The molecule has 1 aromatic carbocycles. The van der Waals surface area contributed by atoms with E-state index in [-0.39, 0.29) is 17.6 Å². The highest BCUT2D eigenvalue weighted by Gasteiger charge is 2.16. The largest absolute Gasteiger partial charge is 0.493 e. The van der Waals surface area contributed by atoms with Gasteiger partial charge in [0, 0.05) is 13.2 Å². The van der Waals surface area contributed by atoms with Crippen LogP contribution in [0.1, 0.15) is 34.8 Å². The minimum Gasteiger partial charge on any atom is -0.493 e. The topological polar surface area (TPSA) is 82.8 Å². The fraction of sp³-hybridized carbons (Fsp3) is 0.412. The summed E-state index contributed by atoms with van der Waals surface area (Å²) >= 11 is 0. The maximum absolute atomic E-state index is 12.1. The van der Waals surface area contributed by atoms with Crippen molar-refractivity contribution in [2.24, 2.45) is 0 Å². The second-order valence-electron chi connectivity index (χ2n) is 5.27. The summed E-state index contributed by atoms with van der Waals surface area (Å²) in [4.78, 5) is 12.1. The number of hydrogen-bond donors (Lipinski definition) is 1. The van der Waals surface area contributed by atoms with Gasteiger partial charge in [0.15, 0.2) is 17.2 Å². The van der Waals surface area contributed by atoms with Crippen LogP contribution in [0, 0.1) is 6.92 Å². The van der Waals surface area contributed by atoms with Gasteiger partial charge >= 0.3 is 0 Å². The number of hydrogen-bond acceptors (Lipinski definition) is 6. The van der Waals surface area contributed by atoms with E-state index in [1.165, 1.54) is 0 Å². The predicted octanol–water partition coefficient (Wildman–Crippen LogP) is 2.51. The minimum absolute atomic E-state index is 0.226. The molecule has 0 saturated carbocycles. The summed E-state index contributed by atoms with van der Waals surface area (Å²) in [6.45, 7) is 4.55. The molecular formula is C17H22N2O5. The maximum atomic E-state index is 12.1. The molecule has 0 aliphatic carbocycles. The van der Waals surface area contributed by atoms with Crippen LogP contribution in [0.25, 0.3) is 0 Å². The van der Waals surface area contributed by atoms with Crippen LogP contribution in [0.4, 0.5) is 0 Å². The molecule has 1 aromatic heterocycles. The Hall–Kier alpha value is -2.54. The van der Waals surface area contributed by atoms with Crippen molar-refractivity contribution >= 4 is 5.91 Å². The highest BCUT2D eigenvalue weighted by Crippen LogP contribution is 2.30. The lowest BCUT2D eigenvalue weighted by Crippen LogP contribution is -2.26. The molecule has 2 aromatic rings. The van der Waals surface area contributed by atoms with Gasteiger partial charge in [0.05, 0.1) is 19.8 Å². The van der Waals surface area contributed by atoms with Crippen molar-refractivity contribution in [1.82, 2.24) is 10.5 Å². The molecule has 0 fully saturated rings. The molecule has 2 rings (SSSR count). The fourth-order valence-electron chi connectivity index (χ4n) is 2.14. The quantitative estimate of drug-likeness (QED) is 0.747. The van der Waals surface area contributed by atoms with E-state index in [1.807, 2.05) is 25.1 Å². The van der Waals surface area contributed by atoms with Crippen molar-refractivity contribution in [3.05, 3.63) is 41.3 Å². The Morgan fingerprint density at radius 3 is 2.67 bits per heavy atom. The van der Waals surface area contributed by atoms with Crippen molar-refractivity contribution in [2.45, 2.75) is 19.9 Å². The lowest BCUT2D eigenvalue weighted by molar-refractivity contribution is 0.0930. The molecule has 7 heteroatoms. The fourth-order valence-corrected chi connectivity index (χ4v) is 2.14. The minimum atomic E-state index is -0.293. The van der Waals surface area contributed by atoms with Crippen molar-refractivity contribution in [2.75, 3.05) is 27.4 Å². The first kappa shape index (κ1) is 17.8. The van der Waals surface area contributed by atoms with Gasteiger partial charge in [0.1, 0.15) is 12.4 Å². The summed E-state index contributed by atoms with van der Waals surface area (Å²) in [5.41, 5.74) is 1.14. The number of nitrogens with zero attached hydrogens (tertiary/aromatic N) is 1. The summed E-state index contributed by atoms with van der Waals surface area (Å²) < 4.78 is 20.8. The molecule has 0 aliphatic rings. The van der Waals surface area contributed by atoms with Gasteiger partial charge in [-0.3, -0.25) is 4.79 Å². The first-order valence-corrected chi connectivity index (χ1v) is 7.59. The van der Waals surface area contributed by atoms with Crippen LogP contribution in [-0.2, 0) is 4.74 Å². The van der Waals surface area contributed by atoms with E-state index in [9.17, 15) is 4.79 Å². The van der Waals surface area contributed by atoms with Gasteiger partial charge in [-0.05, 0) is 31.5 Å². The highest BCUT2D eigenvalue weighted by atomic mass is 16.5. The molecule has 130 valence electrons. The molecule has 0 radical (unpaired) electrons. The summed E-state index contributed by atoms with van der Waals surface area (Å²) in [7, 11) is 3.19. The normalized spacial score (nSPS) is 11.8. The zero-order valence-electron chi connectivity index (χ0n) is 14.3. The van der Waals surface area contributed by atoms with E-state index in [0.29, 0.717) is 30.5 Å². The van der Waals surface area contributed by atoms with Crippen LogP contribution in [0.15, 0.2) is 28.8 Å². The van der Waals surface area contributed by atoms with Crippen LogP contribution >= 0.6 is 0 Å². The third kappa shape index (κ3) is 4.48. The van der Waals surface area contributed by atoms with Crippen LogP contribution in [-0.4, -0.2) is 38.5 Å². The molecule has 0 saturated heterocycles. The molecular weight excluding hydrogens is 312 g/mol. The number of carbonyl (C=O) groups excluding carboxylic acids is 1. The second kappa shape index (κ2) is 8.35. The summed E-state index contributed by atoms with van der Waals surface area (Å²) in [5, 5.41) is 6.58. The molecule has 7 nitrogen and oxygen atoms in total. The number of aromatic nitrogens is 1. The van der Waals surface area contributed by atoms with E-state index in [1.54, 1.807) is 27.2 Å². The van der Waals surface area contributed by atoms with Crippen molar-refractivity contribution in [3.8, 4) is 11.5 Å². The molecule has 1 N–H and O–H groups in total. The van der Waals surface area contributed by atoms with E-state index in [0.717, 1.165) is 5.56 Å². The zero-order valence-corrected chi connectivity index (χ0v) is 14.3. The van der Waals surface area contributed by atoms with Crippen LogP contribution in [0.3, 0.4) is 0 Å². The molecule has 0 unspecified atom stereocenters. The van der Waals surface area contributed by atoms with E-state index >= 15 is 0 Å². The average Bonchev–Trinajstić information content (AvgIpc) is 3.01. The van der Waals surface area contributed by atoms with E-state index < -0.39 is 0 Å². The van der Waals surface area contributed by atoms with E-state index in [4.69, 9.17) is 18.7 Å². The first-order chi connectivity index (χ1) is 11.5. The van der Waals surface area contributed by atoms with Gasteiger partial charge < -0.3 is 24.1 Å². The third-order valence-corrected chi connectivity index (χ3v) is 3.44. The van der Waals surface area contributed by atoms with Crippen LogP contribution < -0.4 is 14.8 Å². The Labute approximate surface area is 140 Å². The standard InChI is InChI=1S/C17H22N2O5/c1-11-9-14(19-24-11)17(20)18-12(2)13-5-6-15(16(10-13)22-4)23-8-7-21-3/h5-6,9-10,12H,7-8H2,1-4H3,(H,18,20)/t12-/m1/s1. The number of carbonyl (C=O) groups is 1. The third-order valence-electron chi connectivity index (χ3n) is 3.44. The van der Waals surface area contributed by atoms with Gasteiger partial charge in [0.2, 0.25) is 0 Å². The van der Waals surface area contributed by atoms with Crippen molar-refractivity contribution in [1.29, 1.82) is 0 Å². The molecule has 1 amide bonds. The van der Waals surface area contributed by atoms with Crippen LogP contribution in [0.2, 0.25) is 0 Å². The van der Waals surface area contributed by atoms with Gasteiger partial charge in [-0.1, -0.05) is 11.2 Å². The number of nitrogens with one attached hydrogen (secondary N) is 1. The van der Waals surface area contributed by atoms with Gasteiger partial charge in [0.25, 0.3) is 5.91 Å². The average molecular weight is 334 g/mol. The number of methoxy groups -OCH3 is 2. The smallest absolute Gasteiger partial charge is 0.273 e. The molecule has 24 heavy (non-hydrogen) atoms. The van der Waals surface area contributed by atoms with Gasteiger partial charge in [-0.15, -0.1) is 0 Å². The van der Waals surface area contributed by atoms with Gasteiger partial charge in [-0.2, -0.15) is 0 Å². The molecule has 1 heterocycles. The summed E-state index contributed by atoms with van der Waals surface area (Å²) in [6, 6.07) is 6.89. The summed E-state index contributed by atoms with van der Waals surface area (Å²) in [5.74, 6) is 1.52. The zero-order chi connectivity index (χ0) is 17.5. The predicted molar refractivity (Wildman–Crippen MR) is 87.5 cm³/mol. The number of amides is 1. The molecule has 1 atom stereocenters. The Morgan fingerprint density at radius 2 is 2.04 bits per heavy atom. The number of benzene rings is 1. The SMILES string of the molecule is COCCOc1ccc([C@@H](C)NC(=O)c2cc(C)on2)cc1OC. The highest BCUT2D eigenvalue weighted by molar-refractivity contribution is 5.92. The van der Waals surface area contributed by atoms with E-state index in [2.05, 4.69) is 10.5 Å². The number of ether oxygens (including phenoxy) is 3. The summed E-state index contributed by atoms with van der Waals surface area (Å²) in [6.07, 6.45) is 0. The Balaban J connectivity index is 2.06. The number of aryl methyl sites for hydroxylation is 1. The maximum Gasteiger partial charge on any atom is 0.273 e. The second-order valence-corrected chi connectivity index (χ2v) is 5.27. The lowest BCUT2D eigenvalue weighted by atomic mass is 10.1. The van der Waals surface area contributed by atoms with Crippen molar-refractivity contribution in [3.63, 3.8) is 0 Å². The molecule has 0 spiro atoms. The Morgan fingerprint density at radius 1 is 1.25 bits per heavy atom. The Bertz CT molecular complexity index is 683. The van der Waals surface area contributed by atoms with Crippen molar-refractivity contribution < 1.29 is 23.5 Å². The Kier molecular flexibility index (Phi) is 6.20. The number of rotatable bonds is 8. The lowest BCUT2D eigenvalue weighted by Gasteiger charge is -2.16. The monoisotopic (exact) mass is 334 g/mol. The molecule has 0 bridgehead atoms. The first-order valence-electron chi connectivity index (χ1n) is 7.59. The molecule has 0 aliphatic heterocycles. The van der Waals surface area contributed by atoms with Crippen LogP contribution in [0.5, 0.6) is 11.5 Å².